The van der Waals surface area contributed by atoms with Gasteiger partial charge in [0, 0.05) is 45.9 Å². The summed E-state index contributed by atoms with van der Waals surface area (Å²) in [5.41, 5.74) is 0. The molecule has 0 aliphatic heterocycles. The summed E-state index contributed by atoms with van der Waals surface area (Å²) in [6.45, 7) is 9.58. The fraction of sp³-hybridized carbons (Fsp3) is 1.00. The maximum Gasteiger partial charge on any atom is 4.00 e. The van der Waals surface area contributed by atoms with Gasteiger partial charge in [-0.2, -0.15) is 0 Å². The van der Waals surface area contributed by atoms with Crippen molar-refractivity contribution in [3.63, 3.8) is 0 Å². The number of rotatable bonds is 8. The molecule has 0 amide bonds. The van der Waals surface area contributed by atoms with Gasteiger partial charge in [-0.15, -0.1) is 0 Å². The zero-order valence-electron chi connectivity index (χ0n) is 17.0. The minimum absolute atomic E-state index is 0. The normalized spacial score (nSPS) is 6.46. The minimum atomic E-state index is 0. The number of hydrogen-bond donors (Lipinski definition) is 4. The third-order valence-corrected chi connectivity index (χ3v) is 2.05. The van der Waals surface area contributed by atoms with E-state index in [2.05, 4.69) is 27.7 Å². The Balaban J connectivity index is -0.0000000152. The van der Waals surface area contributed by atoms with E-state index in [4.69, 9.17) is 20.4 Å². The van der Waals surface area contributed by atoms with Crippen LogP contribution in [0.3, 0.4) is 0 Å². The summed E-state index contributed by atoms with van der Waals surface area (Å²) in [4.78, 5) is 0. The molecule has 0 heterocycles. The molecule has 0 aliphatic rings. The van der Waals surface area contributed by atoms with E-state index in [1.165, 1.54) is 0 Å². The van der Waals surface area contributed by atoms with Gasteiger partial charge < -0.3 is 70.1 Å². The van der Waals surface area contributed by atoms with E-state index in [9.17, 15) is 0 Å². The summed E-state index contributed by atoms with van der Waals surface area (Å²) < 4.78 is 0. The van der Waals surface area contributed by atoms with Crippen molar-refractivity contribution >= 4 is 0 Å². The van der Waals surface area contributed by atoms with Gasteiger partial charge in [0.05, 0.1) is 0 Å². The largest absolute Gasteiger partial charge is 4.00 e. The van der Waals surface area contributed by atoms with Crippen LogP contribution in [-0.2, 0) is 41.2 Å². The molecule has 4 N–H and O–H groups in total. The van der Waals surface area contributed by atoms with Crippen molar-refractivity contribution in [1.29, 1.82) is 0 Å². The maximum atomic E-state index is 8.07. The van der Waals surface area contributed by atoms with Gasteiger partial charge in [0.25, 0.3) is 0 Å². The molecule has 0 radical (unpaired) electrons. The summed E-state index contributed by atoms with van der Waals surface area (Å²) in [5.74, 6) is 0. The number of aliphatic hydroxyl groups is 4. The number of hydrogen-bond acceptors (Lipinski definition) is 4. The van der Waals surface area contributed by atoms with Crippen LogP contribution in [0.15, 0.2) is 0 Å². The van der Waals surface area contributed by atoms with Gasteiger partial charge in [-0.25, -0.2) is 0 Å². The molecule has 0 aromatic rings. The molecular formula is C16H40Cl4O4TiZn. The molecule has 0 saturated carbocycles. The van der Waals surface area contributed by atoms with Gasteiger partial charge in [0.1, 0.15) is 0 Å². The van der Waals surface area contributed by atoms with Crippen LogP contribution in [0.4, 0.5) is 0 Å². The fourth-order valence-electron chi connectivity index (χ4n) is 0.632. The SMILES string of the molecule is CCCCO.CCCCO.CCCCO.CCCCO.[Cl-].[Cl-].[Cl-].[Cl-].[Ti+4].[Zn]. The molecular weight excluding hydrogens is 511 g/mol. The molecule has 10 heteroatoms. The van der Waals surface area contributed by atoms with E-state index < -0.39 is 0 Å². The summed E-state index contributed by atoms with van der Waals surface area (Å²) in [5, 5.41) is 32.3. The van der Waals surface area contributed by atoms with E-state index in [0.29, 0.717) is 26.4 Å². The predicted molar refractivity (Wildman–Crippen MR) is 88.0 cm³/mol. The molecule has 0 aliphatic carbocycles. The van der Waals surface area contributed by atoms with E-state index in [-0.39, 0.29) is 90.8 Å². The van der Waals surface area contributed by atoms with Crippen LogP contribution in [0.1, 0.15) is 79.1 Å². The molecule has 0 bridgehead atoms. The molecule has 0 unspecified atom stereocenters. The predicted octanol–water partition coefficient (Wildman–Crippen LogP) is -8.87. The molecule has 0 spiro atoms. The Hall–Kier alpha value is 2.34. The van der Waals surface area contributed by atoms with Crippen molar-refractivity contribution in [3.8, 4) is 0 Å². The van der Waals surface area contributed by atoms with Crippen LogP contribution < -0.4 is 49.6 Å². The van der Waals surface area contributed by atoms with Crippen LogP contribution in [0.2, 0.25) is 0 Å². The second-order valence-corrected chi connectivity index (χ2v) is 4.31. The minimum Gasteiger partial charge on any atom is -1.00 e. The van der Waals surface area contributed by atoms with Crippen molar-refractivity contribution in [2.45, 2.75) is 79.1 Å². The van der Waals surface area contributed by atoms with Crippen molar-refractivity contribution in [2.75, 3.05) is 26.4 Å². The Labute approximate surface area is 215 Å². The summed E-state index contributed by atoms with van der Waals surface area (Å²) in [6, 6.07) is 0. The molecule has 26 heavy (non-hydrogen) atoms. The van der Waals surface area contributed by atoms with Crippen LogP contribution in [0.5, 0.6) is 0 Å². The average molecular weight is 552 g/mol. The average Bonchev–Trinajstić information content (AvgIpc) is 2.44. The van der Waals surface area contributed by atoms with E-state index >= 15 is 0 Å². The van der Waals surface area contributed by atoms with Gasteiger partial charge >= 0.3 is 21.7 Å². The Morgan fingerprint density at radius 2 is 0.538 bits per heavy atom. The van der Waals surface area contributed by atoms with Crippen molar-refractivity contribution in [3.05, 3.63) is 0 Å². The van der Waals surface area contributed by atoms with Crippen LogP contribution in [0, 0.1) is 0 Å². The molecule has 0 aromatic carbocycles. The first-order valence-corrected chi connectivity index (χ1v) is 8.09. The van der Waals surface area contributed by atoms with Gasteiger partial charge in [-0.05, 0) is 25.7 Å². The summed E-state index contributed by atoms with van der Waals surface area (Å²) in [7, 11) is 0. The molecule has 162 valence electrons. The first kappa shape index (κ1) is 63.0. The first-order valence-electron chi connectivity index (χ1n) is 8.09. The van der Waals surface area contributed by atoms with Crippen molar-refractivity contribution in [1.82, 2.24) is 0 Å². The van der Waals surface area contributed by atoms with Crippen LogP contribution >= 0.6 is 0 Å². The Kier molecular flexibility index (Phi) is 223. The molecule has 0 aromatic heterocycles. The number of aliphatic hydroxyl groups excluding tert-OH is 4. The zero-order valence-corrected chi connectivity index (χ0v) is 24.5. The monoisotopic (exact) mass is 548 g/mol. The summed E-state index contributed by atoms with van der Waals surface area (Å²) in [6.07, 6.45) is 8.15. The molecule has 0 atom stereocenters. The Morgan fingerprint density at radius 3 is 0.538 bits per heavy atom. The third kappa shape index (κ3) is 158. The molecule has 4 nitrogen and oxygen atoms in total. The molecule has 0 fully saturated rings. The molecule has 0 saturated heterocycles. The van der Waals surface area contributed by atoms with Crippen LogP contribution in [0.25, 0.3) is 0 Å². The Bertz CT molecular complexity index is 96.3. The van der Waals surface area contributed by atoms with Gasteiger partial charge in [0.2, 0.25) is 0 Å². The standard InChI is InChI=1S/4C4H10O.4ClH.Ti.Zn/c4*1-2-3-4-5;;;;;;/h4*5H,2-4H2,1H3;4*1H;;/q;;;;;;;;+4;/p-4. The van der Waals surface area contributed by atoms with E-state index in [0.717, 1.165) is 51.4 Å². The van der Waals surface area contributed by atoms with Crippen LogP contribution in [-0.4, -0.2) is 46.9 Å². The third-order valence-electron chi connectivity index (χ3n) is 2.05. The molecule has 0 rings (SSSR count). The quantitative estimate of drug-likeness (QED) is 0.226. The van der Waals surface area contributed by atoms with Gasteiger partial charge in [-0.1, -0.05) is 53.4 Å². The topological polar surface area (TPSA) is 80.9 Å². The zero-order chi connectivity index (χ0) is 16.5. The summed E-state index contributed by atoms with van der Waals surface area (Å²) >= 11 is 0. The number of unbranched alkanes of at least 4 members (excludes halogenated alkanes) is 4. The van der Waals surface area contributed by atoms with Gasteiger partial charge in [-0.3, -0.25) is 0 Å². The van der Waals surface area contributed by atoms with Crippen molar-refractivity contribution in [2.24, 2.45) is 0 Å². The fourth-order valence-corrected chi connectivity index (χ4v) is 0.632. The second kappa shape index (κ2) is 92.2. The van der Waals surface area contributed by atoms with E-state index in [1.807, 2.05) is 0 Å². The number of halogens is 4. The second-order valence-electron chi connectivity index (χ2n) is 4.31. The first-order chi connectivity index (χ1) is 9.66. The van der Waals surface area contributed by atoms with Crippen molar-refractivity contribution < 1.29 is 111 Å². The smallest absolute Gasteiger partial charge is 1.00 e. The van der Waals surface area contributed by atoms with E-state index in [1.54, 1.807) is 0 Å². The van der Waals surface area contributed by atoms with Gasteiger partial charge in [0.15, 0.2) is 0 Å². The maximum absolute atomic E-state index is 8.07. The Morgan fingerprint density at radius 1 is 0.423 bits per heavy atom.